The van der Waals surface area contributed by atoms with Crippen LogP contribution in [0.25, 0.3) is 0 Å². The average Bonchev–Trinajstić information content (AvgIpc) is 2.16. The lowest BCUT2D eigenvalue weighted by atomic mass is 9.95. The van der Waals surface area contributed by atoms with Crippen LogP contribution in [0.5, 0.6) is 0 Å². The maximum Gasteiger partial charge on any atom is 0.0250 e. The standard InChI is InChI=1S/C10H23N2P/c11-9-7-5-3-1-2-4-6-8-10(9)12-13/h9-10,12H,1-8,11,13H2/t9?,10-/m1/s1. The van der Waals surface area contributed by atoms with Gasteiger partial charge in [0.05, 0.1) is 0 Å². The van der Waals surface area contributed by atoms with Crippen molar-refractivity contribution in [1.82, 2.24) is 5.09 Å². The lowest BCUT2D eigenvalue weighted by Gasteiger charge is -2.24. The van der Waals surface area contributed by atoms with Gasteiger partial charge in [0.15, 0.2) is 0 Å². The Morgan fingerprint density at radius 2 is 1.46 bits per heavy atom. The summed E-state index contributed by atoms with van der Waals surface area (Å²) in [5.41, 5.74) is 6.10. The molecule has 0 amide bonds. The molecule has 0 heterocycles. The molecule has 3 N–H and O–H groups in total. The van der Waals surface area contributed by atoms with Crippen molar-refractivity contribution in [3.63, 3.8) is 0 Å². The molecule has 1 rings (SSSR count). The maximum atomic E-state index is 6.10. The second-order valence-corrected chi connectivity index (χ2v) is 4.47. The van der Waals surface area contributed by atoms with E-state index in [1.165, 1.54) is 51.4 Å². The number of hydrogen-bond donors (Lipinski definition) is 2. The van der Waals surface area contributed by atoms with E-state index >= 15 is 0 Å². The van der Waals surface area contributed by atoms with Gasteiger partial charge in [-0.25, -0.2) is 0 Å². The highest BCUT2D eigenvalue weighted by atomic mass is 31.0. The molecule has 3 atom stereocenters. The fraction of sp³-hybridized carbons (Fsp3) is 1.00. The summed E-state index contributed by atoms with van der Waals surface area (Å²) < 4.78 is 0. The highest BCUT2D eigenvalue weighted by Gasteiger charge is 2.15. The lowest BCUT2D eigenvalue weighted by Crippen LogP contribution is -2.41. The quantitative estimate of drug-likeness (QED) is 0.640. The minimum absolute atomic E-state index is 0.357. The fourth-order valence-electron chi connectivity index (χ4n) is 2.07. The summed E-state index contributed by atoms with van der Waals surface area (Å²) in [7, 11) is 2.61. The van der Waals surface area contributed by atoms with Gasteiger partial charge in [0.25, 0.3) is 0 Å². The molecule has 0 aromatic carbocycles. The minimum atomic E-state index is 0.357. The molecule has 3 heteroatoms. The summed E-state index contributed by atoms with van der Waals surface area (Å²) in [5.74, 6) is 0. The largest absolute Gasteiger partial charge is 0.326 e. The summed E-state index contributed by atoms with van der Waals surface area (Å²) >= 11 is 0. The molecule has 2 unspecified atom stereocenters. The van der Waals surface area contributed by atoms with Gasteiger partial charge in [-0.2, -0.15) is 0 Å². The molecule has 1 aliphatic carbocycles. The van der Waals surface area contributed by atoms with Gasteiger partial charge in [-0.15, -0.1) is 0 Å². The molecular formula is C10H23N2P. The van der Waals surface area contributed by atoms with Crippen molar-refractivity contribution >= 4 is 9.39 Å². The van der Waals surface area contributed by atoms with E-state index in [0.29, 0.717) is 12.1 Å². The van der Waals surface area contributed by atoms with Crippen LogP contribution in [0.1, 0.15) is 51.4 Å². The van der Waals surface area contributed by atoms with E-state index in [1.807, 2.05) is 0 Å². The van der Waals surface area contributed by atoms with Gasteiger partial charge >= 0.3 is 0 Å². The molecule has 0 saturated heterocycles. The van der Waals surface area contributed by atoms with Crippen LogP contribution in [0.2, 0.25) is 0 Å². The van der Waals surface area contributed by atoms with Crippen LogP contribution in [0.4, 0.5) is 0 Å². The monoisotopic (exact) mass is 202 g/mol. The predicted molar refractivity (Wildman–Crippen MR) is 61.5 cm³/mol. The van der Waals surface area contributed by atoms with Crippen molar-refractivity contribution in [1.29, 1.82) is 0 Å². The zero-order valence-corrected chi connectivity index (χ0v) is 9.62. The van der Waals surface area contributed by atoms with E-state index < -0.39 is 0 Å². The minimum Gasteiger partial charge on any atom is -0.326 e. The summed E-state index contributed by atoms with van der Waals surface area (Å²) in [6, 6.07) is 0.874. The molecule has 0 aromatic heterocycles. The Labute approximate surface area is 84.3 Å². The highest BCUT2D eigenvalue weighted by Crippen LogP contribution is 2.16. The molecule has 1 saturated carbocycles. The van der Waals surface area contributed by atoms with E-state index in [1.54, 1.807) is 0 Å². The Morgan fingerprint density at radius 1 is 0.923 bits per heavy atom. The van der Waals surface area contributed by atoms with Gasteiger partial charge in [0.2, 0.25) is 0 Å². The molecule has 0 spiro atoms. The smallest absolute Gasteiger partial charge is 0.0250 e. The Hall–Kier alpha value is 0.350. The number of nitrogens with two attached hydrogens (primary N) is 1. The van der Waals surface area contributed by atoms with Gasteiger partial charge in [-0.1, -0.05) is 47.9 Å². The van der Waals surface area contributed by atoms with Crippen molar-refractivity contribution in [2.24, 2.45) is 5.73 Å². The van der Waals surface area contributed by atoms with Gasteiger partial charge in [0, 0.05) is 12.1 Å². The zero-order chi connectivity index (χ0) is 9.52. The van der Waals surface area contributed by atoms with Crippen LogP contribution in [0.3, 0.4) is 0 Å². The van der Waals surface area contributed by atoms with Crippen molar-refractivity contribution in [3.8, 4) is 0 Å². The molecule has 2 nitrogen and oxygen atoms in total. The van der Waals surface area contributed by atoms with Crippen LogP contribution >= 0.6 is 9.39 Å². The first kappa shape index (κ1) is 11.4. The van der Waals surface area contributed by atoms with Crippen molar-refractivity contribution < 1.29 is 0 Å². The molecule has 78 valence electrons. The van der Waals surface area contributed by atoms with Gasteiger partial charge < -0.3 is 5.73 Å². The second kappa shape index (κ2) is 6.75. The Morgan fingerprint density at radius 3 is 2.08 bits per heavy atom. The summed E-state index contributed by atoms with van der Waals surface area (Å²) in [4.78, 5) is 0. The average molecular weight is 202 g/mol. The third kappa shape index (κ3) is 4.39. The van der Waals surface area contributed by atoms with Crippen LogP contribution in [-0.4, -0.2) is 12.1 Å². The van der Waals surface area contributed by atoms with Crippen LogP contribution in [0, 0.1) is 0 Å². The maximum absolute atomic E-state index is 6.10. The van der Waals surface area contributed by atoms with Gasteiger partial charge in [-0.3, -0.25) is 5.09 Å². The van der Waals surface area contributed by atoms with E-state index in [4.69, 9.17) is 5.73 Å². The first-order chi connectivity index (χ1) is 6.34. The molecule has 0 aromatic rings. The summed E-state index contributed by atoms with van der Waals surface area (Å²) in [6.45, 7) is 0. The molecule has 0 aliphatic heterocycles. The van der Waals surface area contributed by atoms with Crippen LogP contribution in [0.15, 0.2) is 0 Å². The van der Waals surface area contributed by atoms with E-state index in [-0.39, 0.29) is 0 Å². The molecule has 0 bridgehead atoms. The normalized spacial score (nSPS) is 32.8. The molecule has 1 fully saturated rings. The van der Waals surface area contributed by atoms with E-state index in [2.05, 4.69) is 14.5 Å². The first-order valence-electron chi connectivity index (χ1n) is 5.56. The Kier molecular flexibility index (Phi) is 5.93. The predicted octanol–water partition coefficient (Wildman–Crippen LogP) is 2.20. The number of nitrogens with one attached hydrogen (secondary N) is 1. The van der Waals surface area contributed by atoms with Crippen LogP contribution < -0.4 is 10.8 Å². The molecule has 13 heavy (non-hydrogen) atoms. The highest BCUT2D eigenvalue weighted by molar-refractivity contribution is 7.13. The van der Waals surface area contributed by atoms with Gasteiger partial charge in [0.1, 0.15) is 0 Å². The van der Waals surface area contributed by atoms with E-state index in [0.717, 1.165) is 0 Å². The number of rotatable bonds is 1. The van der Waals surface area contributed by atoms with Gasteiger partial charge in [-0.05, 0) is 12.8 Å². The van der Waals surface area contributed by atoms with Crippen molar-refractivity contribution in [3.05, 3.63) is 0 Å². The zero-order valence-electron chi connectivity index (χ0n) is 8.47. The van der Waals surface area contributed by atoms with Crippen molar-refractivity contribution in [2.45, 2.75) is 63.5 Å². The third-order valence-electron chi connectivity index (χ3n) is 3.03. The van der Waals surface area contributed by atoms with Crippen LogP contribution in [-0.2, 0) is 0 Å². The SMILES string of the molecule is NC1CCCCCCCC[C@H]1NP. The molecule has 0 radical (unpaired) electrons. The lowest BCUT2D eigenvalue weighted by molar-refractivity contribution is 0.398. The Bertz CT molecular complexity index is 130. The second-order valence-electron chi connectivity index (χ2n) is 4.14. The third-order valence-corrected chi connectivity index (χ3v) is 3.46. The fourth-order valence-corrected chi connectivity index (χ4v) is 2.49. The topological polar surface area (TPSA) is 38.0 Å². The number of hydrogen-bond acceptors (Lipinski definition) is 2. The summed E-state index contributed by atoms with van der Waals surface area (Å²) in [5, 5.41) is 3.26. The first-order valence-corrected chi connectivity index (χ1v) is 6.14. The molecular weight excluding hydrogens is 179 g/mol. The van der Waals surface area contributed by atoms with E-state index in [9.17, 15) is 0 Å². The molecule has 1 aliphatic rings. The van der Waals surface area contributed by atoms with Crippen molar-refractivity contribution in [2.75, 3.05) is 0 Å². The Balaban J connectivity index is 2.32. The summed E-state index contributed by atoms with van der Waals surface area (Å²) in [6.07, 6.45) is 10.7.